The molecule has 1 fully saturated rings. The Morgan fingerprint density at radius 3 is 2.66 bits per heavy atom. The molecule has 0 saturated carbocycles. The Morgan fingerprint density at radius 2 is 1.89 bits per heavy atom. The molecule has 2 aromatic carbocycles. The van der Waals surface area contributed by atoms with E-state index in [2.05, 4.69) is 9.97 Å². The number of methoxy groups -OCH3 is 1. The quantitative estimate of drug-likeness (QED) is 0.173. The third-order valence-electron chi connectivity index (χ3n) is 6.71. The molecule has 5 aromatic rings. The van der Waals surface area contributed by atoms with Crippen molar-refractivity contribution < 1.29 is 19.4 Å². The summed E-state index contributed by atoms with van der Waals surface area (Å²) in [7, 11) is 1.54. The van der Waals surface area contributed by atoms with E-state index < -0.39 is 17.7 Å². The number of thiazole rings is 1. The van der Waals surface area contributed by atoms with Crippen molar-refractivity contribution in [1.29, 1.82) is 0 Å². The van der Waals surface area contributed by atoms with Crippen molar-refractivity contribution in [1.82, 2.24) is 14.4 Å². The lowest BCUT2D eigenvalue weighted by molar-refractivity contribution is -0.132. The van der Waals surface area contributed by atoms with Gasteiger partial charge in [0.05, 0.1) is 34.6 Å². The number of imidazole rings is 1. The Bertz CT molecular complexity index is 1820. The molecule has 0 aliphatic carbocycles. The van der Waals surface area contributed by atoms with E-state index in [0.717, 1.165) is 10.3 Å². The number of rotatable bonds is 4. The Balaban J connectivity index is 1.61. The van der Waals surface area contributed by atoms with E-state index in [4.69, 9.17) is 16.3 Å². The number of amides is 1. The number of hydrogen-bond donors (Lipinski definition) is 1. The average Bonchev–Trinajstić information content (AvgIpc) is 3.56. The maximum atomic E-state index is 13.6. The molecule has 190 valence electrons. The highest BCUT2D eigenvalue weighted by Gasteiger charge is 2.48. The number of ether oxygens (including phenoxy) is 1. The zero-order valence-corrected chi connectivity index (χ0v) is 22.2. The molecule has 1 unspecified atom stereocenters. The van der Waals surface area contributed by atoms with Gasteiger partial charge in [0.1, 0.15) is 17.1 Å². The Hall–Kier alpha value is -4.21. The lowest BCUT2D eigenvalue weighted by atomic mass is 9.96. The fraction of sp³-hybridized carbons (Fsp3) is 0.143. The van der Waals surface area contributed by atoms with Gasteiger partial charge in [-0.3, -0.25) is 14.5 Å². The topological polar surface area (TPSA) is 97.0 Å². The van der Waals surface area contributed by atoms with Crippen molar-refractivity contribution in [2.24, 2.45) is 0 Å². The third-order valence-corrected chi connectivity index (χ3v) is 7.96. The average molecular weight is 545 g/mol. The van der Waals surface area contributed by atoms with Gasteiger partial charge in [0, 0.05) is 11.2 Å². The number of anilines is 1. The van der Waals surface area contributed by atoms with E-state index in [-0.39, 0.29) is 17.0 Å². The predicted octanol–water partition coefficient (Wildman–Crippen LogP) is 5.85. The lowest BCUT2D eigenvalue weighted by Crippen LogP contribution is -2.29. The van der Waals surface area contributed by atoms with E-state index in [1.807, 2.05) is 36.6 Å². The van der Waals surface area contributed by atoms with Gasteiger partial charge in [-0.25, -0.2) is 9.97 Å². The van der Waals surface area contributed by atoms with Gasteiger partial charge in [-0.1, -0.05) is 41.1 Å². The van der Waals surface area contributed by atoms with Crippen molar-refractivity contribution in [2.45, 2.75) is 19.9 Å². The molecule has 10 heteroatoms. The van der Waals surface area contributed by atoms with Gasteiger partial charge < -0.3 is 14.2 Å². The van der Waals surface area contributed by atoms with Gasteiger partial charge in [-0.05, 0) is 61.4 Å². The number of Topliss-reactive ketones (excluding diaryl/α,β-unsaturated/α-hetero) is 1. The molecule has 3 aromatic heterocycles. The van der Waals surface area contributed by atoms with Gasteiger partial charge in [-0.2, -0.15) is 0 Å². The molecule has 1 aliphatic heterocycles. The Labute approximate surface area is 226 Å². The molecular weight excluding hydrogens is 524 g/mol. The summed E-state index contributed by atoms with van der Waals surface area (Å²) in [5.41, 5.74) is 3.61. The summed E-state index contributed by atoms with van der Waals surface area (Å²) in [6.45, 7) is 3.72. The fourth-order valence-corrected chi connectivity index (χ4v) is 6.09. The number of aliphatic hydroxyl groups is 1. The van der Waals surface area contributed by atoms with Crippen LogP contribution < -0.4 is 9.64 Å². The minimum atomic E-state index is -0.952. The molecule has 0 bridgehead atoms. The minimum Gasteiger partial charge on any atom is -0.505 e. The highest BCUT2D eigenvalue weighted by molar-refractivity contribution is 7.22. The second-order valence-electron chi connectivity index (χ2n) is 8.98. The monoisotopic (exact) mass is 544 g/mol. The first-order valence-corrected chi connectivity index (χ1v) is 12.9. The molecule has 1 saturated heterocycles. The van der Waals surface area contributed by atoms with Crippen LogP contribution in [0.15, 0.2) is 66.4 Å². The summed E-state index contributed by atoms with van der Waals surface area (Å²) in [5, 5.41) is 12.5. The number of halogens is 1. The van der Waals surface area contributed by atoms with E-state index in [1.54, 1.807) is 42.5 Å². The summed E-state index contributed by atoms with van der Waals surface area (Å²) in [5.74, 6) is -1.41. The van der Waals surface area contributed by atoms with Gasteiger partial charge in [0.15, 0.2) is 10.9 Å². The SMILES string of the molecule is COc1cccc(C2C(=C(O)c3nc4c(C)cccn4c3C)C(=O)C(=O)N2c2nc3ccc(Cl)cc3s2)c1. The van der Waals surface area contributed by atoms with Crippen LogP contribution in [0.25, 0.3) is 21.6 Å². The number of nitrogens with zero attached hydrogens (tertiary/aromatic N) is 4. The standard InChI is InChI=1S/C28H21ClN4O4S/c1-14-6-5-11-32-15(2)22(31-26(14)32)24(34)21-23(16-7-4-8-18(12-16)37-3)33(27(36)25(21)35)28-30-19-10-9-17(29)13-20(19)38-28/h4-13,23,34H,1-3H3. The molecule has 0 spiro atoms. The first-order chi connectivity index (χ1) is 18.3. The van der Waals surface area contributed by atoms with E-state index in [9.17, 15) is 14.7 Å². The second kappa shape index (κ2) is 8.97. The number of pyridine rings is 1. The van der Waals surface area contributed by atoms with E-state index >= 15 is 0 Å². The zero-order valence-electron chi connectivity index (χ0n) is 20.6. The number of benzene rings is 2. The number of fused-ring (bicyclic) bond motifs is 2. The summed E-state index contributed by atoms with van der Waals surface area (Å²) >= 11 is 7.41. The Kier molecular flexibility index (Phi) is 5.70. The number of aryl methyl sites for hydroxylation is 2. The fourth-order valence-electron chi connectivity index (χ4n) is 4.82. The molecule has 1 N–H and O–H groups in total. The molecule has 8 nitrogen and oxygen atoms in total. The van der Waals surface area contributed by atoms with Crippen molar-refractivity contribution in [3.63, 3.8) is 0 Å². The van der Waals surface area contributed by atoms with Crippen LogP contribution in [0.1, 0.15) is 28.6 Å². The maximum Gasteiger partial charge on any atom is 0.301 e. The van der Waals surface area contributed by atoms with Crippen LogP contribution in [-0.2, 0) is 9.59 Å². The van der Waals surface area contributed by atoms with Gasteiger partial charge in [0.2, 0.25) is 0 Å². The predicted molar refractivity (Wildman–Crippen MR) is 147 cm³/mol. The summed E-state index contributed by atoms with van der Waals surface area (Å²) in [6, 6.07) is 15.1. The molecule has 1 amide bonds. The van der Waals surface area contributed by atoms with Crippen LogP contribution >= 0.6 is 22.9 Å². The summed E-state index contributed by atoms with van der Waals surface area (Å²) in [6.07, 6.45) is 1.84. The molecule has 38 heavy (non-hydrogen) atoms. The number of carbonyl (C=O) groups excluding carboxylic acids is 2. The van der Waals surface area contributed by atoms with Gasteiger partial charge in [-0.15, -0.1) is 0 Å². The van der Waals surface area contributed by atoms with Crippen LogP contribution in [0, 0.1) is 13.8 Å². The van der Waals surface area contributed by atoms with Gasteiger partial charge in [0.25, 0.3) is 5.78 Å². The number of aromatic nitrogens is 3. The second-order valence-corrected chi connectivity index (χ2v) is 10.4. The molecule has 6 rings (SSSR count). The smallest absolute Gasteiger partial charge is 0.301 e. The van der Waals surface area contributed by atoms with Crippen molar-refractivity contribution in [2.75, 3.05) is 12.0 Å². The summed E-state index contributed by atoms with van der Waals surface area (Å²) in [4.78, 5) is 37.7. The van der Waals surface area contributed by atoms with Crippen LogP contribution in [-0.4, -0.2) is 38.3 Å². The van der Waals surface area contributed by atoms with Crippen molar-refractivity contribution in [3.05, 3.63) is 93.9 Å². The molecular formula is C28H21ClN4O4S. The van der Waals surface area contributed by atoms with E-state index in [0.29, 0.717) is 38.3 Å². The molecule has 1 aliphatic rings. The van der Waals surface area contributed by atoms with Crippen LogP contribution in [0.4, 0.5) is 5.13 Å². The van der Waals surface area contributed by atoms with Crippen LogP contribution in [0.2, 0.25) is 5.02 Å². The number of carbonyl (C=O) groups is 2. The van der Waals surface area contributed by atoms with Gasteiger partial charge >= 0.3 is 5.91 Å². The van der Waals surface area contributed by atoms with Crippen LogP contribution in [0.3, 0.4) is 0 Å². The minimum absolute atomic E-state index is 0.0651. The third kappa shape index (κ3) is 3.66. The maximum absolute atomic E-state index is 13.6. The number of aliphatic hydroxyl groups excluding tert-OH is 1. The van der Waals surface area contributed by atoms with Crippen molar-refractivity contribution >= 4 is 61.4 Å². The first kappa shape index (κ1) is 24.1. The van der Waals surface area contributed by atoms with Crippen LogP contribution in [0.5, 0.6) is 5.75 Å². The van der Waals surface area contributed by atoms with Crippen molar-refractivity contribution in [3.8, 4) is 5.75 Å². The first-order valence-electron chi connectivity index (χ1n) is 11.7. The highest BCUT2D eigenvalue weighted by Crippen LogP contribution is 2.45. The molecule has 1 atom stereocenters. The normalized spacial score (nSPS) is 17.2. The number of hydrogen-bond acceptors (Lipinski definition) is 7. The Morgan fingerprint density at radius 1 is 1.08 bits per heavy atom. The largest absolute Gasteiger partial charge is 0.505 e. The lowest BCUT2D eigenvalue weighted by Gasteiger charge is -2.23. The molecule has 0 radical (unpaired) electrons. The highest BCUT2D eigenvalue weighted by atomic mass is 35.5. The zero-order chi connectivity index (χ0) is 26.7. The number of ketones is 1. The van der Waals surface area contributed by atoms with E-state index in [1.165, 1.54) is 23.3 Å². The molecule has 4 heterocycles. The summed E-state index contributed by atoms with van der Waals surface area (Å²) < 4.78 is 8.03.